The zero-order valence-corrected chi connectivity index (χ0v) is 15.9. The molecule has 4 rings (SSSR count). The van der Waals surface area contributed by atoms with E-state index in [4.69, 9.17) is 0 Å². The van der Waals surface area contributed by atoms with Crippen molar-refractivity contribution in [2.75, 3.05) is 18.4 Å². The highest BCUT2D eigenvalue weighted by Crippen LogP contribution is 2.55. The number of rotatable bonds is 4. The Hall–Kier alpha value is -2.44. The highest BCUT2D eigenvalue weighted by molar-refractivity contribution is 5.90. The molecule has 144 valence electrons. The molecular weight excluding hydrogens is 345 g/mol. The van der Waals surface area contributed by atoms with Crippen molar-refractivity contribution in [3.63, 3.8) is 0 Å². The number of aromatic amines is 1. The van der Waals surface area contributed by atoms with E-state index >= 15 is 0 Å². The van der Waals surface area contributed by atoms with Crippen LogP contribution in [0.3, 0.4) is 0 Å². The number of H-pyrrole nitrogens is 1. The maximum Gasteiger partial charge on any atom is 0.321 e. The summed E-state index contributed by atoms with van der Waals surface area (Å²) in [6, 6.07) is 4.56. The van der Waals surface area contributed by atoms with Crippen LogP contribution in [-0.2, 0) is 6.42 Å². The van der Waals surface area contributed by atoms with Gasteiger partial charge in [-0.3, -0.25) is 5.10 Å². The van der Waals surface area contributed by atoms with E-state index in [1.165, 1.54) is 12.5 Å². The zero-order chi connectivity index (χ0) is 19.0. The van der Waals surface area contributed by atoms with Crippen LogP contribution in [0.4, 0.5) is 14.9 Å². The standard InChI is InChI=1S/C20H26FN5O/c1-3-6-17-23-18(25-24-17)14-11-26(12-20(14)9-5-10-20)19(27)22-16-8-4-7-15(21)13(16)2/h4,7-8,14H,3,5-6,9-12H2,1-2H3,(H,22,27)(H,23,24,25). The summed E-state index contributed by atoms with van der Waals surface area (Å²) < 4.78 is 13.8. The Bertz CT molecular complexity index is 845. The molecule has 1 saturated carbocycles. The fourth-order valence-corrected chi connectivity index (χ4v) is 4.37. The van der Waals surface area contributed by atoms with Crippen LogP contribution in [0.15, 0.2) is 18.2 Å². The van der Waals surface area contributed by atoms with Gasteiger partial charge in [0.1, 0.15) is 11.6 Å². The number of carbonyl (C=O) groups is 1. The van der Waals surface area contributed by atoms with E-state index in [1.807, 2.05) is 4.90 Å². The first-order valence-electron chi connectivity index (χ1n) is 9.74. The minimum absolute atomic E-state index is 0.0833. The van der Waals surface area contributed by atoms with E-state index < -0.39 is 0 Å². The van der Waals surface area contributed by atoms with Crippen LogP contribution < -0.4 is 5.32 Å². The largest absolute Gasteiger partial charge is 0.323 e. The Morgan fingerprint density at radius 2 is 2.26 bits per heavy atom. The average Bonchev–Trinajstić information content (AvgIpc) is 3.23. The fraction of sp³-hybridized carbons (Fsp3) is 0.550. The molecular formula is C20H26FN5O. The molecule has 6 nitrogen and oxygen atoms in total. The van der Waals surface area contributed by atoms with Crippen LogP contribution >= 0.6 is 0 Å². The summed E-state index contributed by atoms with van der Waals surface area (Å²) in [5.74, 6) is 1.59. The number of hydrogen-bond donors (Lipinski definition) is 2. The number of urea groups is 1. The second-order valence-corrected chi connectivity index (χ2v) is 7.88. The van der Waals surface area contributed by atoms with Crippen molar-refractivity contribution < 1.29 is 9.18 Å². The fourth-order valence-electron chi connectivity index (χ4n) is 4.37. The first-order valence-corrected chi connectivity index (χ1v) is 9.74. The monoisotopic (exact) mass is 371 g/mol. The third kappa shape index (κ3) is 3.19. The Morgan fingerprint density at radius 3 is 2.96 bits per heavy atom. The summed E-state index contributed by atoms with van der Waals surface area (Å²) in [5, 5.41) is 10.4. The molecule has 1 aromatic carbocycles. The van der Waals surface area contributed by atoms with Crippen molar-refractivity contribution in [2.24, 2.45) is 5.41 Å². The van der Waals surface area contributed by atoms with Gasteiger partial charge in [-0.05, 0) is 43.7 Å². The molecule has 1 aromatic heterocycles. The molecule has 2 aliphatic rings. The smallest absolute Gasteiger partial charge is 0.321 e. The molecule has 2 amide bonds. The Kier molecular flexibility index (Phi) is 4.61. The quantitative estimate of drug-likeness (QED) is 0.853. The second kappa shape index (κ2) is 6.94. The Balaban J connectivity index is 1.51. The predicted octanol–water partition coefficient (Wildman–Crippen LogP) is 4.01. The molecule has 7 heteroatoms. The van der Waals surface area contributed by atoms with Gasteiger partial charge in [0, 0.05) is 36.7 Å². The number of hydrogen-bond acceptors (Lipinski definition) is 3. The summed E-state index contributed by atoms with van der Waals surface area (Å²) in [5.41, 5.74) is 1.06. The number of likely N-dealkylation sites (tertiary alicyclic amines) is 1. The zero-order valence-electron chi connectivity index (χ0n) is 15.9. The number of aromatic nitrogens is 3. The van der Waals surface area contributed by atoms with E-state index in [0.717, 1.165) is 37.3 Å². The van der Waals surface area contributed by atoms with Crippen LogP contribution in [0.1, 0.15) is 55.7 Å². The molecule has 0 radical (unpaired) electrons. The third-order valence-electron chi connectivity index (χ3n) is 6.14. The number of amides is 2. The molecule has 2 N–H and O–H groups in total. The molecule has 27 heavy (non-hydrogen) atoms. The summed E-state index contributed by atoms with van der Waals surface area (Å²) in [4.78, 5) is 19.4. The van der Waals surface area contributed by atoms with Crippen molar-refractivity contribution in [2.45, 2.75) is 51.9 Å². The van der Waals surface area contributed by atoms with Crippen molar-refractivity contribution in [1.82, 2.24) is 20.1 Å². The van der Waals surface area contributed by atoms with Crippen molar-refractivity contribution in [3.8, 4) is 0 Å². The number of halogens is 1. The minimum Gasteiger partial charge on any atom is -0.323 e. The van der Waals surface area contributed by atoms with E-state index in [0.29, 0.717) is 24.3 Å². The molecule has 2 aromatic rings. The SMILES string of the molecule is CCCc1nc(C2CN(C(=O)Nc3cccc(F)c3C)CC23CCC3)n[nH]1. The molecule has 1 unspecified atom stereocenters. The van der Waals surface area contributed by atoms with Crippen LogP contribution in [0, 0.1) is 18.2 Å². The van der Waals surface area contributed by atoms with Crippen LogP contribution in [0.5, 0.6) is 0 Å². The van der Waals surface area contributed by atoms with E-state index in [2.05, 4.69) is 27.4 Å². The Morgan fingerprint density at radius 1 is 1.44 bits per heavy atom. The highest BCUT2D eigenvalue weighted by atomic mass is 19.1. The second-order valence-electron chi connectivity index (χ2n) is 7.88. The van der Waals surface area contributed by atoms with Crippen molar-refractivity contribution >= 4 is 11.7 Å². The summed E-state index contributed by atoms with van der Waals surface area (Å²) in [6.07, 6.45) is 5.28. The number of carbonyl (C=O) groups excluding carboxylic acids is 1. The van der Waals surface area contributed by atoms with E-state index in [-0.39, 0.29) is 23.2 Å². The van der Waals surface area contributed by atoms with Gasteiger partial charge in [0.05, 0.1) is 0 Å². The van der Waals surface area contributed by atoms with Gasteiger partial charge in [-0.2, -0.15) is 5.10 Å². The molecule has 1 aliphatic heterocycles. The topological polar surface area (TPSA) is 73.9 Å². The lowest BCUT2D eigenvalue weighted by Gasteiger charge is -2.41. The lowest BCUT2D eigenvalue weighted by molar-refractivity contribution is 0.122. The molecule has 2 fully saturated rings. The van der Waals surface area contributed by atoms with Gasteiger partial charge in [0.25, 0.3) is 0 Å². The molecule has 1 spiro atoms. The average molecular weight is 371 g/mol. The number of benzene rings is 1. The molecule has 1 saturated heterocycles. The maximum atomic E-state index is 13.8. The van der Waals surface area contributed by atoms with Gasteiger partial charge >= 0.3 is 6.03 Å². The highest BCUT2D eigenvalue weighted by Gasteiger charge is 2.53. The van der Waals surface area contributed by atoms with Gasteiger partial charge in [-0.15, -0.1) is 0 Å². The number of nitrogens with one attached hydrogen (secondary N) is 2. The van der Waals surface area contributed by atoms with Gasteiger partial charge in [-0.1, -0.05) is 19.4 Å². The number of aryl methyl sites for hydroxylation is 1. The minimum atomic E-state index is -0.313. The molecule has 2 heterocycles. The lowest BCUT2D eigenvalue weighted by atomic mass is 9.62. The van der Waals surface area contributed by atoms with Crippen molar-refractivity contribution in [3.05, 3.63) is 41.2 Å². The molecule has 0 bridgehead atoms. The first kappa shape index (κ1) is 17.9. The maximum absolute atomic E-state index is 13.8. The summed E-state index contributed by atoms with van der Waals surface area (Å²) >= 11 is 0. The van der Waals surface area contributed by atoms with Gasteiger partial charge in [0.15, 0.2) is 5.82 Å². The van der Waals surface area contributed by atoms with E-state index in [1.54, 1.807) is 19.1 Å². The summed E-state index contributed by atoms with van der Waals surface area (Å²) in [7, 11) is 0. The van der Waals surface area contributed by atoms with Crippen LogP contribution in [-0.4, -0.2) is 39.2 Å². The number of nitrogens with zero attached hydrogens (tertiary/aromatic N) is 3. The van der Waals surface area contributed by atoms with Crippen LogP contribution in [0.2, 0.25) is 0 Å². The number of anilines is 1. The predicted molar refractivity (Wildman–Crippen MR) is 101 cm³/mol. The third-order valence-corrected chi connectivity index (χ3v) is 6.14. The summed E-state index contributed by atoms with van der Waals surface area (Å²) in [6.45, 7) is 5.10. The van der Waals surface area contributed by atoms with Gasteiger partial charge in [0.2, 0.25) is 0 Å². The van der Waals surface area contributed by atoms with E-state index in [9.17, 15) is 9.18 Å². The Labute approximate surface area is 158 Å². The normalized spacial score (nSPS) is 20.7. The van der Waals surface area contributed by atoms with Gasteiger partial charge < -0.3 is 10.2 Å². The van der Waals surface area contributed by atoms with Gasteiger partial charge in [-0.25, -0.2) is 14.2 Å². The first-order chi connectivity index (χ1) is 13.0. The molecule has 1 atom stereocenters. The van der Waals surface area contributed by atoms with Crippen molar-refractivity contribution in [1.29, 1.82) is 0 Å². The van der Waals surface area contributed by atoms with Crippen LogP contribution in [0.25, 0.3) is 0 Å². The molecule has 1 aliphatic carbocycles. The lowest BCUT2D eigenvalue weighted by Crippen LogP contribution is -2.39.